The molecule has 3 aromatic heterocycles. The van der Waals surface area contributed by atoms with Crippen LogP contribution in [0.3, 0.4) is 0 Å². The van der Waals surface area contributed by atoms with Crippen molar-refractivity contribution in [2.45, 2.75) is 6.54 Å². The standard InChI is InChI=1S/C22H19BN3/c23-21-4-1-17(2-5-21)16-26-13-9-19(10-14-26)22-6-3-20(15-25-22)18-7-11-24-12-8-18/h1-15H,16,23H2/q+1. The quantitative estimate of drug-likeness (QED) is 0.423. The molecule has 4 aromatic rings. The Morgan fingerprint density at radius 1 is 0.731 bits per heavy atom. The van der Waals surface area contributed by atoms with E-state index in [2.05, 4.69) is 83.3 Å². The maximum absolute atomic E-state index is 4.62. The summed E-state index contributed by atoms with van der Waals surface area (Å²) in [6.07, 6.45) is 9.72. The minimum absolute atomic E-state index is 0.870. The lowest BCUT2D eigenvalue weighted by Gasteiger charge is -2.04. The van der Waals surface area contributed by atoms with E-state index in [0.717, 1.165) is 28.9 Å². The zero-order valence-electron chi connectivity index (χ0n) is 14.7. The molecule has 26 heavy (non-hydrogen) atoms. The fraction of sp³-hybridized carbons (Fsp3) is 0.0455. The molecule has 0 aliphatic rings. The molecule has 0 unspecified atom stereocenters. The van der Waals surface area contributed by atoms with Crippen LogP contribution in [0, 0.1) is 0 Å². The third kappa shape index (κ3) is 3.70. The highest BCUT2D eigenvalue weighted by atomic mass is 14.9. The summed E-state index contributed by atoms with van der Waals surface area (Å²) in [4.78, 5) is 8.67. The van der Waals surface area contributed by atoms with Gasteiger partial charge in [0.1, 0.15) is 7.85 Å². The Morgan fingerprint density at radius 3 is 2.12 bits per heavy atom. The van der Waals surface area contributed by atoms with Gasteiger partial charge in [0.05, 0.1) is 5.69 Å². The number of rotatable bonds is 4. The first-order chi connectivity index (χ1) is 12.8. The van der Waals surface area contributed by atoms with Gasteiger partial charge in [-0.05, 0) is 23.8 Å². The predicted molar refractivity (Wildman–Crippen MR) is 107 cm³/mol. The van der Waals surface area contributed by atoms with Crippen LogP contribution < -0.4 is 10.0 Å². The van der Waals surface area contributed by atoms with E-state index in [0.29, 0.717) is 0 Å². The van der Waals surface area contributed by atoms with Crippen molar-refractivity contribution < 1.29 is 4.57 Å². The van der Waals surface area contributed by atoms with E-state index in [1.165, 1.54) is 11.0 Å². The highest BCUT2D eigenvalue weighted by molar-refractivity contribution is 6.32. The van der Waals surface area contributed by atoms with Crippen LogP contribution in [0.5, 0.6) is 0 Å². The lowest BCUT2D eigenvalue weighted by atomic mass is 9.95. The second-order valence-electron chi connectivity index (χ2n) is 6.41. The zero-order chi connectivity index (χ0) is 17.8. The van der Waals surface area contributed by atoms with Gasteiger partial charge >= 0.3 is 0 Å². The summed E-state index contributed by atoms with van der Waals surface area (Å²) >= 11 is 0. The number of hydrogen-bond acceptors (Lipinski definition) is 2. The van der Waals surface area contributed by atoms with Crippen molar-refractivity contribution >= 4 is 13.3 Å². The number of benzene rings is 1. The van der Waals surface area contributed by atoms with Crippen molar-refractivity contribution in [3.63, 3.8) is 0 Å². The van der Waals surface area contributed by atoms with E-state index in [4.69, 9.17) is 0 Å². The Hall–Kier alpha value is -3.27. The molecule has 1 aromatic carbocycles. The molecule has 0 atom stereocenters. The summed E-state index contributed by atoms with van der Waals surface area (Å²) < 4.78 is 2.18. The molecule has 0 aliphatic carbocycles. The van der Waals surface area contributed by atoms with Crippen LogP contribution in [0.25, 0.3) is 22.4 Å². The van der Waals surface area contributed by atoms with Crippen molar-refractivity contribution in [3.05, 3.63) is 97.2 Å². The third-order valence-corrected chi connectivity index (χ3v) is 4.45. The lowest BCUT2D eigenvalue weighted by molar-refractivity contribution is -0.688. The smallest absolute Gasteiger partial charge is 0.173 e. The Balaban J connectivity index is 1.50. The molecule has 4 rings (SSSR count). The second-order valence-corrected chi connectivity index (χ2v) is 6.41. The van der Waals surface area contributed by atoms with Gasteiger partial charge in [-0.3, -0.25) is 9.97 Å². The fourth-order valence-corrected chi connectivity index (χ4v) is 2.92. The number of nitrogens with zero attached hydrogens (tertiary/aromatic N) is 3. The van der Waals surface area contributed by atoms with Gasteiger partial charge in [-0.15, -0.1) is 0 Å². The van der Waals surface area contributed by atoms with Crippen molar-refractivity contribution in [1.82, 2.24) is 9.97 Å². The van der Waals surface area contributed by atoms with Gasteiger partial charge in [0.2, 0.25) is 0 Å². The monoisotopic (exact) mass is 336 g/mol. The summed E-state index contributed by atoms with van der Waals surface area (Å²) in [6.45, 7) is 0.870. The van der Waals surface area contributed by atoms with Gasteiger partial charge in [-0.1, -0.05) is 35.8 Å². The Labute approximate surface area is 154 Å². The van der Waals surface area contributed by atoms with E-state index in [1.807, 2.05) is 18.3 Å². The Bertz CT molecular complexity index is 980. The molecule has 124 valence electrons. The highest BCUT2D eigenvalue weighted by Gasteiger charge is 2.06. The molecule has 0 N–H and O–H groups in total. The van der Waals surface area contributed by atoms with Gasteiger partial charge in [-0.2, -0.15) is 0 Å². The average Bonchev–Trinajstić information content (AvgIpc) is 2.71. The first-order valence-corrected chi connectivity index (χ1v) is 8.69. The van der Waals surface area contributed by atoms with Crippen LogP contribution in [-0.4, -0.2) is 17.8 Å². The first kappa shape index (κ1) is 16.2. The molecule has 3 nitrogen and oxygen atoms in total. The molecule has 4 heteroatoms. The molecule has 0 aliphatic heterocycles. The molecular formula is C22H19BN3+. The van der Waals surface area contributed by atoms with Gasteiger partial charge in [0.25, 0.3) is 0 Å². The van der Waals surface area contributed by atoms with E-state index in [1.54, 1.807) is 12.4 Å². The van der Waals surface area contributed by atoms with Crippen LogP contribution in [0.15, 0.2) is 91.6 Å². The van der Waals surface area contributed by atoms with Crippen LogP contribution in [0.4, 0.5) is 0 Å². The molecular weight excluding hydrogens is 317 g/mol. The van der Waals surface area contributed by atoms with Crippen molar-refractivity contribution in [3.8, 4) is 22.4 Å². The maximum Gasteiger partial charge on any atom is 0.173 e. The SMILES string of the molecule is Bc1ccc(C[n+]2ccc(-c3ccc(-c4ccncc4)cn3)cc2)cc1. The maximum atomic E-state index is 4.62. The molecule has 0 saturated carbocycles. The normalized spacial score (nSPS) is 10.6. The molecule has 0 spiro atoms. The number of aromatic nitrogens is 3. The topological polar surface area (TPSA) is 29.7 Å². The average molecular weight is 336 g/mol. The van der Waals surface area contributed by atoms with Crippen molar-refractivity contribution in [2.24, 2.45) is 0 Å². The van der Waals surface area contributed by atoms with Gasteiger partial charge in [0.15, 0.2) is 18.9 Å². The Kier molecular flexibility index (Phi) is 4.56. The molecule has 0 saturated heterocycles. The van der Waals surface area contributed by atoms with Gasteiger partial charge < -0.3 is 0 Å². The van der Waals surface area contributed by atoms with E-state index in [9.17, 15) is 0 Å². The number of hydrogen-bond donors (Lipinski definition) is 0. The molecule has 0 bridgehead atoms. The molecule has 0 amide bonds. The Morgan fingerprint density at radius 2 is 1.46 bits per heavy atom. The van der Waals surface area contributed by atoms with Crippen LogP contribution in [0.2, 0.25) is 0 Å². The minimum atomic E-state index is 0.870. The highest BCUT2D eigenvalue weighted by Crippen LogP contribution is 2.21. The first-order valence-electron chi connectivity index (χ1n) is 8.69. The molecule has 0 radical (unpaired) electrons. The van der Waals surface area contributed by atoms with E-state index >= 15 is 0 Å². The third-order valence-electron chi connectivity index (χ3n) is 4.45. The summed E-state index contributed by atoms with van der Waals surface area (Å²) in [7, 11) is 2.11. The predicted octanol–water partition coefficient (Wildman–Crippen LogP) is 2.40. The second kappa shape index (κ2) is 7.32. The fourth-order valence-electron chi connectivity index (χ4n) is 2.92. The number of pyridine rings is 3. The zero-order valence-corrected chi connectivity index (χ0v) is 14.7. The summed E-state index contributed by atoms with van der Waals surface area (Å²) in [5.74, 6) is 0. The molecule has 0 fully saturated rings. The van der Waals surface area contributed by atoms with Crippen LogP contribution >= 0.6 is 0 Å². The minimum Gasteiger partial charge on any atom is -0.265 e. The largest absolute Gasteiger partial charge is 0.265 e. The van der Waals surface area contributed by atoms with Crippen molar-refractivity contribution in [2.75, 3.05) is 0 Å². The molecule has 3 heterocycles. The van der Waals surface area contributed by atoms with Gasteiger partial charge in [-0.25, -0.2) is 4.57 Å². The lowest BCUT2D eigenvalue weighted by Crippen LogP contribution is -2.33. The van der Waals surface area contributed by atoms with Crippen LogP contribution in [-0.2, 0) is 6.54 Å². The van der Waals surface area contributed by atoms with Gasteiger partial charge in [0, 0.05) is 47.4 Å². The van der Waals surface area contributed by atoms with Crippen molar-refractivity contribution in [1.29, 1.82) is 0 Å². The van der Waals surface area contributed by atoms with E-state index in [-0.39, 0.29) is 0 Å². The summed E-state index contributed by atoms with van der Waals surface area (Å²) in [5.41, 5.74) is 6.91. The summed E-state index contributed by atoms with van der Waals surface area (Å²) in [5, 5.41) is 0. The van der Waals surface area contributed by atoms with E-state index < -0.39 is 0 Å². The summed E-state index contributed by atoms with van der Waals surface area (Å²) in [6, 6.07) is 21.0. The van der Waals surface area contributed by atoms with Crippen LogP contribution in [0.1, 0.15) is 5.56 Å².